The average Bonchev–Trinajstić information content (AvgIpc) is 3.00. The van der Waals surface area contributed by atoms with Crippen molar-refractivity contribution in [2.24, 2.45) is 4.99 Å². The van der Waals surface area contributed by atoms with Gasteiger partial charge in [0.1, 0.15) is 5.52 Å². The molecule has 1 fully saturated rings. The highest BCUT2D eigenvalue weighted by molar-refractivity contribution is 5.74. The van der Waals surface area contributed by atoms with E-state index in [-0.39, 0.29) is 11.5 Å². The van der Waals surface area contributed by atoms with Crippen LogP contribution in [-0.2, 0) is 10.3 Å². The number of hydrogen-bond acceptors (Lipinski definition) is 4. The van der Waals surface area contributed by atoms with Crippen LogP contribution in [0.3, 0.4) is 0 Å². The van der Waals surface area contributed by atoms with Crippen molar-refractivity contribution in [3.63, 3.8) is 0 Å². The summed E-state index contributed by atoms with van der Waals surface area (Å²) in [5.41, 5.74) is 2.31. The van der Waals surface area contributed by atoms with Gasteiger partial charge >= 0.3 is 0 Å². The highest BCUT2D eigenvalue weighted by Crippen LogP contribution is 2.49. The molecule has 0 atom stereocenters. The Labute approximate surface area is 105 Å². The smallest absolute Gasteiger partial charge is 0.235 e. The van der Waals surface area contributed by atoms with Gasteiger partial charge in [0.25, 0.3) is 0 Å². The second-order valence-corrected chi connectivity index (χ2v) is 5.12. The molecule has 0 radical (unpaired) electrons. The maximum atomic E-state index is 10.5. The van der Waals surface area contributed by atoms with E-state index in [1.165, 1.54) is 0 Å². The molecule has 0 spiro atoms. The molecule has 0 unspecified atom stereocenters. The lowest BCUT2D eigenvalue weighted by Gasteiger charge is -2.06. The Morgan fingerprint density at radius 1 is 1.44 bits per heavy atom. The molecule has 1 aromatic carbocycles. The zero-order valence-corrected chi connectivity index (χ0v) is 10.4. The fraction of sp³-hybridized carbons (Fsp3) is 0.429. The summed E-state index contributed by atoms with van der Waals surface area (Å²) in [6.45, 7) is 4.09. The molecule has 3 rings (SSSR count). The second kappa shape index (κ2) is 3.79. The molecule has 1 saturated carbocycles. The first kappa shape index (κ1) is 11.2. The van der Waals surface area contributed by atoms with Gasteiger partial charge in [-0.15, -0.1) is 0 Å². The summed E-state index contributed by atoms with van der Waals surface area (Å²) in [4.78, 5) is 18.9. The van der Waals surface area contributed by atoms with Crippen LogP contribution in [0.2, 0.25) is 0 Å². The number of aliphatic imine (C=N–C) groups is 1. The van der Waals surface area contributed by atoms with Crippen molar-refractivity contribution in [3.05, 3.63) is 29.7 Å². The number of aromatic nitrogens is 1. The van der Waals surface area contributed by atoms with Gasteiger partial charge in [-0.1, -0.05) is 19.9 Å². The van der Waals surface area contributed by atoms with Crippen LogP contribution in [-0.4, -0.2) is 11.1 Å². The van der Waals surface area contributed by atoms with Crippen LogP contribution in [0.4, 0.5) is 0 Å². The molecule has 0 saturated heterocycles. The van der Waals surface area contributed by atoms with Crippen molar-refractivity contribution in [1.29, 1.82) is 0 Å². The van der Waals surface area contributed by atoms with Crippen molar-refractivity contribution in [2.45, 2.75) is 38.1 Å². The Bertz CT molecular complexity index is 647. The molecule has 0 amide bonds. The van der Waals surface area contributed by atoms with Crippen molar-refractivity contribution >= 4 is 17.2 Å². The molecule has 18 heavy (non-hydrogen) atoms. The van der Waals surface area contributed by atoms with E-state index < -0.39 is 0 Å². The second-order valence-electron chi connectivity index (χ2n) is 5.12. The molecule has 2 aromatic rings. The minimum absolute atomic E-state index is 0.267. The molecule has 0 N–H and O–H groups in total. The standard InChI is InChI=1S/C14H14N2O2/c1-9(2)13-16-11-7-10(3-4-12(11)18-13)14(5-6-14)15-8-17/h3-4,7,9H,5-6H2,1-2H3. The zero-order chi connectivity index (χ0) is 12.8. The van der Waals surface area contributed by atoms with Crippen molar-refractivity contribution in [1.82, 2.24) is 4.98 Å². The van der Waals surface area contributed by atoms with Crippen LogP contribution in [0.5, 0.6) is 0 Å². The SMILES string of the molecule is CC(C)c1nc2cc(C3(N=C=O)CC3)ccc2o1. The van der Waals surface area contributed by atoms with Gasteiger partial charge in [-0.3, -0.25) is 0 Å². The Hall–Kier alpha value is -1.93. The summed E-state index contributed by atoms with van der Waals surface area (Å²) in [5.74, 6) is 1.01. The number of benzene rings is 1. The fourth-order valence-electron chi connectivity index (χ4n) is 2.15. The molecule has 4 nitrogen and oxygen atoms in total. The number of hydrogen-bond donors (Lipinski definition) is 0. The Morgan fingerprint density at radius 2 is 2.22 bits per heavy atom. The topological polar surface area (TPSA) is 55.5 Å². The number of nitrogens with zero attached hydrogens (tertiary/aromatic N) is 2. The van der Waals surface area contributed by atoms with Crippen LogP contribution in [0, 0.1) is 0 Å². The first-order valence-electron chi connectivity index (χ1n) is 6.15. The molecule has 1 aliphatic rings. The summed E-state index contributed by atoms with van der Waals surface area (Å²) in [6, 6.07) is 5.84. The predicted octanol–water partition coefficient (Wildman–Crippen LogP) is 3.28. The van der Waals surface area contributed by atoms with E-state index in [1.54, 1.807) is 6.08 Å². The number of carbonyl (C=O) groups excluding carboxylic acids is 1. The van der Waals surface area contributed by atoms with E-state index in [4.69, 9.17) is 4.42 Å². The van der Waals surface area contributed by atoms with Crippen molar-refractivity contribution < 1.29 is 9.21 Å². The summed E-state index contributed by atoms with van der Waals surface area (Å²) >= 11 is 0. The minimum Gasteiger partial charge on any atom is -0.440 e. The molecule has 1 aromatic heterocycles. The molecule has 92 valence electrons. The normalized spacial score (nSPS) is 16.8. The molecule has 0 aliphatic heterocycles. The van der Waals surface area contributed by atoms with Crippen molar-refractivity contribution in [2.75, 3.05) is 0 Å². The molecular formula is C14H14N2O2. The first-order valence-corrected chi connectivity index (χ1v) is 6.15. The Morgan fingerprint density at radius 3 is 2.83 bits per heavy atom. The number of rotatable bonds is 3. The number of isocyanates is 1. The minimum atomic E-state index is -0.340. The Kier molecular flexibility index (Phi) is 2.35. The largest absolute Gasteiger partial charge is 0.440 e. The van der Waals surface area contributed by atoms with E-state index in [0.29, 0.717) is 0 Å². The van der Waals surface area contributed by atoms with Gasteiger partial charge in [0.15, 0.2) is 11.5 Å². The monoisotopic (exact) mass is 242 g/mol. The van der Waals surface area contributed by atoms with Crippen molar-refractivity contribution in [3.8, 4) is 0 Å². The van der Waals surface area contributed by atoms with Gasteiger partial charge in [0.2, 0.25) is 6.08 Å². The summed E-state index contributed by atoms with van der Waals surface area (Å²) in [6.07, 6.45) is 3.48. The van der Waals surface area contributed by atoms with Gasteiger partial charge in [-0.05, 0) is 30.5 Å². The zero-order valence-electron chi connectivity index (χ0n) is 10.4. The number of oxazole rings is 1. The van der Waals surface area contributed by atoms with Gasteiger partial charge in [-0.2, -0.15) is 4.99 Å². The highest BCUT2D eigenvalue weighted by atomic mass is 16.3. The third kappa shape index (κ3) is 1.66. The third-order valence-corrected chi connectivity index (χ3v) is 3.42. The van der Waals surface area contributed by atoms with E-state index in [1.807, 2.05) is 32.0 Å². The highest BCUT2D eigenvalue weighted by Gasteiger charge is 2.45. The predicted molar refractivity (Wildman–Crippen MR) is 67.1 cm³/mol. The maximum absolute atomic E-state index is 10.5. The lowest BCUT2D eigenvalue weighted by Crippen LogP contribution is -2.01. The van der Waals surface area contributed by atoms with Gasteiger partial charge in [0.05, 0.1) is 5.54 Å². The van der Waals surface area contributed by atoms with Crippen LogP contribution in [0.25, 0.3) is 11.1 Å². The van der Waals surface area contributed by atoms with Gasteiger partial charge < -0.3 is 4.42 Å². The summed E-state index contributed by atoms with van der Waals surface area (Å²) < 4.78 is 5.66. The van der Waals surface area contributed by atoms with E-state index >= 15 is 0 Å². The van der Waals surface area contributed by atoms with Crippen LogP contribution >= 0.6 is 0 Å². The first-order chi connectivity index (χ1) is 8.64. The third-order valence-electron chi connectivity index (χ3n) is 3.42. The van der Waals surface area contributed by atoms with E-state index in [9.17, 15) is 4.79 Å². The Balaban J connectivity index is 2.08. The van der Waals surface area contributed by atoms with Crippen LogP contribution < -0.4 is 0 Å². The van der Waals surface area contributed by atoms with Gasteiger partial charge in [0, 0.05) is 5.92 Å². The molecule has 0 bridgehead atoms. The van der Waals surface area contributed by atoms with Gasteiger partial charge in [-0.25, -0.2) is 9.78 Å². The summed E-state index contributed by atoms with van der Waals surface area (Å²) in [5, 5.41) is 0. The van der Waals surface area contributed by atoms with Crippen LogP contribution in [0.15, 0.2) is 27.6 Å². The lowest BCUT2D eigenvalue weighted by atomic mass is 10.1. The fourth-order valence-corrected chi connectivity index (χ4v) is 2.15. The quantitative estimate of drug-likeness (QED) is 0.613. The van der Waals surface area contributed by atoms with Crippen LogP contribution in [0.1, 0.15) is 44.1 Å². The molecule has 1 aliphatic carbocycles. The molecular weight excluding hydrogens is 228 g/mol. The summed E-state index contributed by atoms with van der Waals surface area (Å²) in [7, 11) is 0. The lowest BCUT2D eigenvalue weighted by molar-refractivity contribution is 0.501. The maximum Gasteiger partial charge on any atom is 0.235 e. The number of fused-ring (bicyclic) bond motifs is 1. The van der Waals surface area contributed by atoms with E-state index in [0.717, 1.165) is 35.4 Å². The molecule has 1 heterocycles. The average molecular weight is 242 g/mol. The molecule has 4 heteroatoms. The van der Waals surface area contributed by atoms with E-state index in [2.05, 4.69) is 9.98 Å².